The highest BCUT2D eigenvalue weighted by atomic mass is 35.5. The lowest BCUT2D eigenvalue weighted by Gasteiger charge is -2.36. The van der Waals surface area contributed by atoms with Crippen molar-refractivity contribution >= 4 is 34.8 Å². The van der Waals surface area contributed by atoms with E-state index in [0.717, 1.165) is 24.3 Å². The zero-order valence-electron chi connectivity index (χ0n) is 16.4. The highest BCUT2D eigenvalue weighted by Gasteiger charge is 2.23. The summed E-state index contributed by atoms with van der Waals surface area (Å²) in [4.78, 5) is 30.7. The lowest BCUT2D eigenvalue weighted by molar-refractivity contribution is -0.131. The maximum Gasteiger partial charge on any atom is 0.224 e. The second-order valence-corrected chi connectivity index (χ2v) is 7.49. The van der Waals surface area contributed by atoms with Crippen LogP contribution in [0.1, 0.15) is 18.9 Å². The summed E-state index contributed by atoms with van der Waals surface area (Å²) < 4.78 is 0. The number of para-hydroxylation sites is 1. The van der Waals surface area contributed by atoms with Gasteiger partial charge in [-0.15, -0.1) is 0 Å². The van der Waals surface area contributed by atoms with Gasteiger partial charge in [0, 0.05) is 62.5 Å². The molecule has 1 fully saturated rings. The fourth-order valence-corrected chi connectivity index (χ4v) is 3.71. The molecule has 28 heavy (non-hydrogen) atoms. The number of benzene rings is 2. The van der Waals surface area contributed by atoms with Crippen molar-refractivity contribution in [2.45, 2.75) is 20.3 Å². The molecule has 0 spiro atoms. The Morgan fingerprint density at radius 3 is 2.36 bits per heavy atom. The Morgan fingerprint density at radius 1 is 1.04 bits per heavy atom. The molecular formula is C22H26ClN3O2. The lowest BCUT2D eigenvalue weighted by atomic mass is 10.1. The van der Waals surface area contributed by atoms with E-state index >= 15 is 0 Å². The highest BCUT2D eigenvalue weighted by Crippen LogP contribution is 2.25. The van der Waals surface area contributed by atoms with E-state index in [1.165, 1.54) is 12.6 Å². The van der Waals surface area contributed by atoms with Crippen LogP contribution >= 0.6 is 11.6 Å². The molecule has 0 bridgehead atoms. The quantitative estimate of drug-likeness (QED) is 0.769. The third-order valence-corrected chi connectivity index (χ3v) is 5.38. The van der Waals surface area contributed by atoms with Gasteiger partial charge in [-0.05, 0) is 36.8 Å². The first-order valence-corrected chi connectivity index (χ1v) is 9.95. The zero-order chi connectivity index (χ0) is 20.1. The van der Waals surface area contributed by atoms with Gasteiger partial charge in [-0.1, -0.05) is 35.9 Å². The van der Waals surface area contributed by atoms with Crippen LogP contribution < -0.4 is 9.80 Å². The summed E-state index contributed by atoms with van der Waals surface area (Å²) in [6, 6.07) is 15.7. The lowest BCUT2D eigenvalue weighted by Crippen LogP contribution is -2.49. The van der Waals surface area contributed by atoms with Gasteiger partial charge < -0.3 is 14.7 Å². The molecule has 148 valence electrons. The highest BCUT2D eigenvalue weighted by molar-refractivity contribution is 6.31. The second kappa shape index (κ2) is 9.11. The van der Waals surface area contributed by atoms with E-state index < -0.39 is 0 Å². The monoisotopic (exact) mass is 399 g/mol. The van der Waals surface area contributed by atoms with Gasteiger partial charge in [0.1, 0.15) is 0 Å². The van der Waals surface area contributed by atoms with Crippen LogP contribution in [-0.4, -0.2) is 49.4 Å². The van der Waals surface area contributed by atoms with Crippen molar-refractivity contribution in [1.29, 1.82) is 0 Å². The van der Waals surface area contributed by atoms with Crippen LogP contribution in [0.4, 0.5) is 11.4 Å². The van der Waals surface area contributed by atoms with Gasteiger partial charge in [0.25, 0.3) is 0 Å². The maximum atomic E-state index is 12.7. The summed E-state index contributed by atoms with van der Waals surface area (Å²) in [5.74, 6) is -0.00861. The van der Waals surface area contributed by atoms with Crippen LogP contribution in [-0.2, 0) is 9.59 Å². The predicted molar refractivity (Wildman–Crippen MR) is 114 cm³/mol. The molecule has 2 aromatic rings. The van der Waals surface area contributed by atoms with Crippen molar-refractivity contribution < 1.29 is 9.59 Å². The smallest absolute Gasteiger partial charge is 0.224 e. The summed E-state index contributed by atoms with van der Waals surface area (Å²) in [5.41, 5.74) is 2.92. The summed E-state index contributed by atoms with van der Waals surface area (Å²) >= 11 is 6.10. The van der Waals surface area contributed by atoms with Crippen LogP contribution in [0, 0.1) is 6.92 Å². The number of hydrogen-bond donors (Lipinski definition) is 0. The van der Waals surface area contributed by atoms with Crippen LogP contribution in [0.5, 0.6) is 0 Å². The van der Waals surface area contributed by atoms with Gasteiger partial charge in [0.15, 0.2) is 0 Å². The first-order valence-electron chi connectivity index (χ1n) is 9.58. The number of carbonyl (C=O) groups is 2. The van der Waals surface area contributed by atoms with E-state index in [4.69, 9.17) is 11.6 Å². The molecule has 3 rings (SSSR count). The van der Waals surface area contributed by atoms with Crippen molar-refractivity contribution in [2.24, 2.45) is 0 Å². The molecular weight excluding hydrogens is 374 g/mol. The van der Waals surface area contributed by atoms with Gasteiger partial charge in [-0.2, -0.15) is 0 Å². The molecule has 5 nitrogen and oxygen atoms in total. The molecule has 0 saturated carbocycles. The number of piperazine rings is 1. The number of anilines is 2. The van der Waals surface area contributed by atoms with E-state index in [-0.39, 0.29) is 11.8 Å². The van der Waals surface area contributed by atoms with E-state index in [1.807, 2.05) is 36.1 Å². The molecule has 0 N–H and O–H groups in total. The first kappa shape index (κ1) is 20.2. The normalized spacial score (nSPS) is 14.1. The molecule has 0 aliphatic carbocycles. The summed E-state index contributed by atoms with van der Waals surface area (Å²) in [6.45, 7) is 6.84. The number of carbonyl (C=O) groups excluding carboxylic acids is 2. The minimum atomic E-state index is -0.0907. The van der Waals surface area contributed by atoms with E-state index in [1.54, 1.807) is 17.0 Å². The van der Waals surface area contributed by atoms with Gasteiger partial charge in [0.2, 0.25) is 11.8 Å². The molecule has 1 heterocycles. The van der Waals surface area contributed by atoms with Crippen molar-refractivity contribution in [2.75, 3.05) is 42.5 Å². The van der Waals surface area contributed by atoms with Crippen LogP contribution in [0.2, 0.25) is 5.02 Å². The van der Waals surface area contributed by atoms with Gasteiger partial charge in [-0.3, -0.25) is 9.59 Å². The van der Waals surface area contributed by atoms with Crippen molar-refractivity contribution in [3.05, 3.63) is 59.1 Å². The molecule has 6 heteroatoms. The predicted octanol–water partition coefficient (Wildman–Crippen LogP) is 3.74. The standard InChI is InChI=1S/C22H26ClN3O2/c1-17-8-9-19(23)16-21(17)26(18(2)27)11-10-22(28)25-14-12-24(13-15-25)20-6-4-3-5-7-20/h3-9,16H,10-15H2,1-2H3. The Hall–Kier alpha value is -2.53. The largest absolute Gasteiger partial charge is 0.368 e. The molecule has 1 aliphatic rings. The number of hydrogen-bond acceptors (Lipinski definition) is 3. The van der Waals surface area contributed by atoms with Gasteiger partial charge >= 0.3 is 0 Å². The van der Waals surface area contributed by atoms with Gasteiger partial charge in [0.05, 0.1) is 0 Å². The summed E-state index contributed by atoms with van der Waals surface area (Å²) in [5, 5.41) is 0.579. The van der Waals surface area contributed by atoms with E-state index in [0.29, 0.717) is 31.1 Å². The fraction of sp³-hybridized carbons (Fsp3) is 0.364. The number of amides is 2. The Labute approximate surface area is 171 Å². The van der Waals surface area contributed by atoms with Crippen LogP contribution in [0.25, 0.3) is 0 Å². The number of nitrogens with zero attached hydrogens (tertiary/aromatic N) is 3. The second-order valence-electron chi connectivity index (χ2n) is 7.05. The average molecular weight is 400 g/mol. The third-order valence-electron chi connectivity index (χ3n) is 5.15. The average Bonchev–Trinajstić information content (AvgIpc) is 2.71. The zero-order valence-corrected chi connectivity index (χ0v) is 17.2. The van der Waals surface area contributed by atoms with Crippen molar-refractivity contribution in [1.82, 2.24) is 4.90 Å². The molecule has 0 atom stereocenters. The molecule has 0 aromatic heterocycles. The van der Waals surface area contributed by atoms with E-state index in [9.17, 15) is 9.59 Å². The number of halogens is 1. The van der Waals surface area contributed by atoms with Crippen LogP contribution in [0.15, 0.2) is 48.5 Å². The topological polar surface area (TPSA) is 43.9 Å². The fourth-order valence-electron chi connectivity index (χ4n) is 3.54. The maximum absolute atomic E-state index is 12.7. The molecule has 2 amide bonds. The van der Waals surface area contributed by atoms with Crippen molar-refractivity contribution in [3.8, 4) is 0 Å². The Balaban J connectivity index is 1.57. The molecule has 1 aliphatic heterocycles. The molecule has 2 aromatic carbocycles. The van der Waals surface area contributed by atoms with Crippen LogP contribution in [0.3, 0.4) is 0 Å². The minimum absolute atomic E-state index is 0.0821. The Morgan fingerprint density at radius 2 is 1.71 bits per heavy atom. The molecule has 1 saturated heterocycles. The van der Waals surface area contributed by atoms with E-state index in [2.05, 4.69) is 17.0 Å². The summed E-state index contributed by atoms with van der Waals surface area (Å²) in [6.07, 6.45) is 0.302. The molecule has 0 unspecified atom stereocenters. The van der Waals surface area contributed by atoms with Crippen molar-refractivity contribution in [3.63, 3.8) is 0 Å². The first-order chi connectivity index (χ1) is 13.5. The SMILES string of the molecule is CC(=O)N(CCC(=O)N1CCN(c2ccccc2)CC1)c1cc(Cl)ccc1C. The summed E-state index contributed by atoms with van der Waals surface area (Å²) in [7, 11) is 0. The third kappa shape index (κ3) is 4.84. The Kier molecular flexibility index (Phi) is 6.57. The number of aryl methyl sites for hydroxylation is 1. The Bertz CT molecular complexity index is 833. The minimum Gasteiger partial charge on any atom is -0.368 e. The number of rotatable bonds is 5. The molecule has 0 radical (unpaired) electrons. The van der Waals surface area contributed by atoms with Gasteiger partial charge in [-0.25, -0.2) is 0 Å².